The van der Waals surface area contributed by atoms with Crippen molar-refractivity contribution in [1.82, 2.24) is 0 Å². The molecule has 0 N–H and O–H groups in total. The summed E-state index contributed by atoms with van der Waals surface area (Å²) in [7, 11) is 2.50. The Morgan fingerprint density at radius 1 is 0.750 bits per heavy atom. The first-order chi connectivity index (χ1) is 9.83. The third-order valence-corrected chi connectivity index (χ3v) is 6.19. The molecule has 0 spiro atoms. The molecule has 108 valence electrons. The Hall–Kier alpha value is -0.700. The fourth-order valence-corrected chi connectivity index (χ4v) is 4.17. The quantitative estimate of drug-likeness (QED) is 0.696. The van der Waals surface area contributed by atoms with E-state index in [1.807, 2.05) is 0 Å². The Morgan fingerprint density at radius 3 is 1.45 bits per heavy atom. The largest absolute Gasteiger partial charge is 0.138 e. The summed E-state index contributed by atoms with van der Waals surface area (Å²) in [5.41, 5.74) is 0. The SMILES string of the molecule is CCCP.CCCP(c1ccccc1)c1ccccc1. The minimum atomic E-state index is -0.151. The maximum Gasteiger partial charge on any atom is -0.0195 e. The van der Waals surface area contributed by atoms with E-state index in [4.69, 9.17) is 0 Å². The van der Waals surface area contributed by atoms with E-state index in [9.17, 15) is 0 Å². The summed E-state index contributed by atoms with van der Waals surface area (Å²) in [4.78, 5) is 0. The van der Waals surface area contributed by atoms with Crippen LogP contribution < -0.4 is 10.6 Å². The second kappa shape index (κ2) is 11.0. The van der Waals surface area contributed by atoms with Crippen molar-refractivity contribution in [3.05, 3.63) is 60.7 Å². The summed E-state index contributed by atoms with van der Waals surface area (Å²) in [6.07, 6.45) is 5.05. The highest BCUT2D eigenvalue weighted by Crippen LogP contribution is 2.33. The van der Waals surface area contributed by atoms with Crippen LogP contribution in [0, 0.1) is 0 Å². The summed E-state index contributed by atoms with van der Waals surface area (Å²) in [6.45, 7) is 4.42. The maximum absolute atomic E-state index is 2.66. The molecule has 0 bridgehead atoms. The molecule has 0 radical (unpaired) electrons. The van der Waals surface area contributed by atoms with Crippen LogP contribution >= 0.6 is 17.2 Å². The minimum Gasteiger partial charge on any atom is -0.138 e. The van der Waals surface area contributed by atoms with Gasteiger partial charge in [-0.25, -0.2) is 0 Å². The molecule has 2 aromatic carbocycles. The number of hydrogen-bond donors (Lipinski definition) is 0. The summed E-state index contributed by atoms with van der Waals surface area (Å²) in [6, 6.07) is 21.8. The highest BCUT2D eigenvalue weighted by Gasteiger charge is 2.11. The molecular weight excluding hydrogens is 278 g/mol. The van der Waals surface area contributed by atoms with Crippen LogP contribution in [0.5, 0.6) is 0 Å². The average molecular weight is 304 g/mol. The van der Waals surface area contributed by atoms with Gasteiger partial charge in [-0.05, 0) is 30.9 Å². The Bertz CT molecular complexity index is 398. The molecule has 20 heavy (non-hydrogen) atoms. The first-order valence-electron chi connectivity index (χ1n) is 7.41. The van der Waals surface area contributed by atoms with Crippen molar-refractivity contribution in [3.8, 4) is 0 Å². The van der Waals surface area contributed by atoms with Gasteiger partial charge in [0.25, 0.3) is 0 Å². The number of rotatable bonds is 5. The van der Waals surface area contributed by atoms with E-state index < -0.39 is 0 Å². The topological polar surface area (TPSA) is 0 Å². The lowest BCUT2D eigenvalue weighted by molar-refractivity contribution is 1.10. The first kappa shape index (κ1) is 17.4. The van der Waals surface area contributed by atoms with Gasteiger partial charge in [0.15, 0.2) is 0 Å². The monoisotopic (exact) mass is 304 g/mol. The summed E-state index contributed by atoms with van der Waals surface area (Å²) in [5.74, 6) is 0. The van der Waals surface area contributed by atoms with Crippen molar-refractivity contribution in [3.63, 3.8) is 0 Å². The molecule has 0 saturated heterocycles. The lowest BCUT2D eigenvalue weighted by atomic mass is 10.4. The summed E-state index contributed by atoms with van der Waals surface area (Å²) < 4.78 is 0. The molecular formula is C18H26P2. The normalized spacial score (nSPS) is 10.0. The van der Waals surface area contributed by atoms with Crippen LogP contribution in [0.1, 0.15) is 26.7 Å². The predicted octanol–water partition coefficient (Wildman–Crippen LogP) is 4.80. The second-order valence-electron chi connectivity index (χ2n) is 4.61. The highest BCUT2D eigenvalue weighted by atomic mass is 31.1. The van der Waals surface area contributed by atoms with Crippen LogP contribution in [0.15, 0.2) is 60.7 Å². The van der Waals surface area contributed by atoms with E-state index in [2.05, 4.69) is 83.8 Å². The van der Waals surface area contributed by atoms with Crippen LogP contribution in [0.4, 0.5) is 0 Å². The van der Waals surface area contributed by atoms with E-state index in [1.165, 1.54) is 35.8 Å². The van der Waals surface area contributed by atoms with Gasteiger partial charge in [-0.2, -0.15) is 0 Å². The molecule has 0 saturated carbocycles. The predicted molar refractivity (Wildman–Crippen MR) is 99.1 cm³/mol. The molecule has 1 atom stereocenters. The zero-order chi connectivity index (χ0) is 14.6. The molecule has 0 nitrogen and oxygen atoms in total. The molecule has 2 heteroatoms. The average Bonchev–Trinajstić information content (AvgIpc) is 2.54. The van der Waals surface area contributed by atoms with Gasteiger partial charge in [0.05, 0.1) is 0 Å². The minimum absolute atomic E-state index is 0.151. The van der Waals surface area contributed by atoms with E-state index in [0.717, 1.165) is 0 Å². The molecule has 0 aromatic heterocycles. The maximum atomic E-state index is 2.66. The zero-order valence-electron chi connectivity index (χ0n) is 12.6. The molecule has 0 aliphatic rings. The van der Waals surface area contributed by atoms with Crippen molar-refractivity contribution >= 4 is 27.8 Å². The van der Waals surface area contributed by atoms with Crippen molar-refractivity contribution in [2.75, 3.05) is 12.3 Å². The van der Waals surface area contributed by atoms with Crippen molar-refractivity contribution in [2.45, 2.75) is 26.7 Å². The van der Waals surface area contributed by atoms with Gasteiger partial charge in [0, 0.05) is 0 Å². The number of hydrogen-bond acceptors (Lipinski definition) is 0. The Kier molecular flexibility index (Phi) is 9.56. The van der Waals surface area contributed by atoms with Gasteiger partial charge >= 0.3 is 0 Å². The van der Waals surface area contributed by atoms with Gasteiger partial charge in [0.1, 0.15) is 0 Å². The van der Waals surface area contributed by atoms with Crippen molar-refractivity contribution in [1.29, 1.82) is 0 Å². The van der Waals surface area contributed by atoms with Gasteiger partial charge in [-0.1, -0.05) is 87.4 Å². The fourth-order valence-electron chi connectivity index (χ4n) is 1.85. The van der Waals surface area contributed by atoms with Crippen molar-refractivity contribution < 1.29 is 0 Å². The third-order valence-electron chi connectivity index (χ3n) is 2.87. The summed E-state index contributed by atoms with van der Waals surface area (Å²) >= 11 is 0. The van der Waals surface area contributed by atoms with Crippen LogP contribution in [0.3, 0.4) is 0 Å². The molecule has 0 amide bonds. The van der Waals surface area contributed by atoms with Crippen LogP contribution in [0.2, 0.25) is 0 Å². The standard InChI is InChI=1S/C15H17P.C3H9P/c1-2-13-16(14-9-5-3-6-10-14)15-11-7-4-8-12-15;1-2-3-4/h3-12H,2,13H2,1H3;2-4H2,1H3. The molecule has 2 aromatic rings. The highest BCUT2D eigenvalue weighted by molar-refractivity contribution is 7.73. The molecule has 1 unspecified atom stereocenters. The van der Waals surface area contributed by atoms with E-state index in [1.54, 1.807) is 0 Å². The zero-order valence-corrected chi connectivity index (χ0v) is 14.7. The molecule has 0 heterocycles. The fraction of sp³-hybridized carbons (Fsp3) is 0.333. The van der Waals surface area contributed by atoms with E-state index in [-0.39, 0.29) is 7.92 Å². The van der Waals surface area contributed by atoms with Gasteiger partial charge in [-0.15, -0.1) is 9.24 Å². The number of benzene rings is 2. The van der Waals surface area contributed by atoms with E-state index in [0.29, 0.717) is 0 Å². The van der Waals surface area contributed by atoms with Gasteiger partial charge < -0.3 is 0 Å². The Labute approximate surface area is 128 Å². The van der Waals surface area contributed by atoms with Crippen LogP contribution in [-0.4, -0.2) is 12.3 Å². The smallest absolute Gasteiger partial charge is 0.0195 e. The van der Waals surface area contributed by atoms with Crippen LogP contribution in [-0.2, 0) is 0 Å². The Morgan fingerprint density at radius 2 is 1.15 bits per heavy atom. The first-order valence-corrected chi connectivity index (χ1v) is 9.75. The third kappa shape index (κ3) is 6.17. The van der Waals surface area contributed by atoms with E-state index >= 15 is 0 Å². The second-order valence-corrected chi connectivity index (χ2v) is 7.52. The lowest BCUT2D eigenvalue weighted by Crippen LogP contribution is -2.13. The molecule has 0 aliphatic carbocycles. The van der Waals surface area contributed by atoms with Crippen molar-refractivity contribution in [2.24, 2.45) is 0 Å². The van der Waals surface area contributed by atoms with Crippen LogP contribution in [0.25, 0.3) is 0 Å². The van der Waals surface area contributed by atoms with Gasteiger partial charge in [0.2, 0.25) is 0 Å². The lowest BCUT2D eigenvalue weighted by Gasteiger charge is -2.17. The molecule has 0 aliphatic heterocycles. The Balaban J connectivity index is 0.000000444. The summed E-state index contributed by atoms with van der Waals surface area (Å²) in [5, 5.41) is 2.98. The van der Waals surface area contributed by atoms with Gasteiger partial charge in [-0.3, -0.25) is 0 Å². The molecule has 2 rings (SSSR count). The molecule has 0 fully saturated rings.